The van der Waals surface area contributed by atoms with E-state index in [9.17, 15) is 4.79 Å². The number of hydrogen-bond acceptors (Lipinski definition) is 5. The Balaban J connectivity index is 1.37. The number of H-pyrrole nitrogens is 2. The minimum absolute atomic E-state index is 0.0322. The van der Waals surface area contributed by atoms with Crippen molar-refractivity contribution in [2.45, 2.75) is 26.2 Å². The van der Waals surface area contributed by atoms with Gasteiger partial charge in [0.15, 0.2) is 0 Å². The summed E-state index contributed by atoms with van der Waals surface area (Å²) in [4.78, 5) is 26.4. The number of nitrogens with zero attached hydrogens (tertiary/aromatic N) is 3. The summed E-state index contributed by atoms with van der Waals surface area (Å²) in [5.74, 6) is 0.0322. The molecule has 5 aromatic heterocycles. The molecule has 36 heavy (non-hydrogen) atoms. The van der Waals surface area contributed by atoms with Gasteiger partial charge < -0.3 is 10.3 Å². The van der Waals surface area contributed by atoms with Crippen molar-refractivity contribution in [3.63, 3.8) is 0 Å². The summed E-state index contributed by atoms with van der Waals surface area (Å²) < 4.78 is 0. The van der Waals surface area contributed by atoms with Crippen molar-refractivity contribution in [3.8, 4) is 33.2 Å². The monoisotopic (exact) mass is 492 g/mol. The van der Waals surface area contributed by atoms with Gasteiger partial charge in [0.1, 0.15) is 11.2 Å². The second kappa shape index (κ2) is 9.39. The number of aromatic nitrogens is 5. The summed E-state index contributed by atoms with van der Waals surface area (Å²) in [5, 5.41) is 13.8. The Morgan fingerprint density at radius 1 is 1.03 bits per heavy atom. The molecule has 1 amide bonds. The van der Waals surface area contributed by atoms with Gasteiger partial charge in [-0.1, -0.05) is 31.5 Å². The van der Waals surface area contributed by atoms with Gasteiger partial charge >= 0.3 is 0 Å². The van der Waals surface area contributed by atoms with Crippen LogP contribution in [0.1, 0.15) is 26.2 Å². The summed E-state index contributed by atoms with van der Waals surface area (Å²) in [6, 6.07) is 19.9. The molecule has 0 aliphatic carbocycles. The zero-order valence-corrected chi connectivity index (χ0v) is 20.5. The van der Waals surface area contributed by atoms with Crippen LogP contribution in [0.25, 0.3) is 55.2 Å². The smallest absolute Gasteiger partial charge is 0.224 e. The van der Waals surface area contributed by atoms with Crippen LogP contribution in [-0.4, -0.2) is 31.1 Å². The lowest BCUT2D eigenvalue weighted by Gasteiger charge is -2.07. The maximum absolute atomic E-state index is 12.2. The first-order valence-corrected chi connectivity index (χ1v) is 12.8. The molecule has 0 saturated carbocycles. The largest absolute Gasteiger partial charge is 0.353 e. The predicted molar refractivity (Wildman–Crippen MR) is 146 cm³/mol. The second-order valence-electron chi connectivity index (χ2n) is 8.68. The van der Waals surface area contributed by atoms with Gasteiger partial charge in [-0.15, -0.1) is 11.3 Å². The van der Waals surface area contributed by atoms with Crippen LogP contribution in [0.5, 0.6) is 0 Å². The fourth-order valence-electron chi connectivity index (χ4n) is 4.36. The molecule has 6 rings (SSSR count). The molecule has 8 heteroatoms. The SMILES string of the molecule is CCCCC(=O)Nc1cccc(-c2ccc3[nH]nc(-c4cc5c(-c6cccs6)nccc5[nH]4)c3n2)c1. The number of anilines is 1. The van der Waals surface area contributed by atoms with Gasteiger partial charge in [0.2, 0.25) is 5.91 Å². The van der Waals surface area contributed by atoms with Gasteiger partial charge in [-0.2, -0.15) is 5.10 Å². The highest BCUT2D eigenvalue weighted by Gasteiger charge is 2.16. The quantitative estimate of drug-likeness (QED) is 0.223. The number of benzene rings is 1. The topological polar surface area (TPSA) is 99.4 Å². The third-order valence-corrected chi connectivity index (χ3v) is 7.04. The van der Waals surface area contributed by atoms with Crippen molar-refractivity contribution in [3.05, 3.63) is 72.2 Å². The van der Waals surface area contributed by atoms with Crippen LogP contribution in [0.3, 0.4) is 0 Å². The third-order valence-electron chi connectivity index (χ3n) is 6.17. The van der Waals surface area contributed by atoms with Gasteiger partial charge in [0.25, 0.3) is 0 Å². The van der Waals surface area contributed by atoms with E-state index < -0.39 is 0 Å². The number of thiophene rings is 1. The number of fused-ring (bicyclic) bond motifs is 2. The molecule has 0 aliphatic heterocycles. The molecule has 0 bridgehead atoms. The Labute approximate surface area is 211 Å². The molecule has 7 nitrogen and oxygen atoms in total. The maximum Gasteiger partial charge on any atom is 0.224 e. The van der Waals surface area contributed by atoms with Gasteiger partial charge in [-0.25, -0.2) is 4.98 Å². The molecule has 0 saturated heterocycles. The third kappa shape index (κ3) is 4.16. The van der Waals surface area contributed by atoms with Crippen LogP contribution >= 0.6 is 11.3 Å². The van der Waals surface area contributed by atoms with Gasteiger partial charge in [0.05, 0.1) is 27.5 Å². The summed E-state index contributed by atoms with van der Waals surface area (Å²) in [7, 11) is 0. The maximum atomic E-state index is 12.2. The molecule has 0 atom stereocenters. The lowest BCUT2D eigenvalue weighted by Crippen LogP contribution is -2.10. The van der Waals surface area contributed by atoms with E-state index in [0.717, 1.165) is 73.7 Å². The number of nitrogens with one attached hydrogen (secondary N) is 3. The number of amides is 1. The number of unbranched alkanes of at least 4 members (excludes halogenated alkanes) is 1. The highest BCUT2D eigenvalue weighted by molar-refractivity contribution is 7.13. The average molecular weight is 493 g/mol. The fourth-order valence-corrected chi connectivity index (χ4v) is 5.09. The van der Waals surface area contributed by atoms with E-state index in [1.54, 1.807) is 11.3 Å². The number of hydrogen-bond donors (Lipinski definition) is 3. The molecule has 1 aromatic carbocycles. The number of carbonyl (C=O) groups is 1. The van der Waals surface area contributed by atoms with Crippen molar-refractivity contribution >= 4 is 44.9 Å². The highest BCUT2D eigenvalue weighted by Crippen LogP contribution is 2.34. The zero-order valence-electron chi connectivity index (χ0n) is 19.7. The Morgan fingerprint density at radius 2 is 1.97 bits per heavy atom. The van der Waals surface area contributed by atoms with E-state index in [1.165, 1.54) is 0 Å². The second-order valence-corrected chi connectivity index (χ2v) is 9.63. The van der Waals surface area contributed by atoms with Crippen LogP contribution in [0.4, 0.5) is 5.69 Å². The van der Waals surface area contributed by atoms with Crippen molar-refractivity contribution < 1.29 is 4.79 Å². The number of pyridine rings is 2. The molecule has 0 aliphatic rings. The molecular formula is C28H24N6OS. The zero-order chi connectivity index (χ0) is 24.5. The minimum atomic E-state index is 0.0322. The first-order chi connectivity index (χ1) is 17.7. The Bertz CT molecular complexity index is 1680. The summed E-state index contributed by atoms with van der Waals surface area (Å²) in [5.41, 5.74) is 7.73. The van der Waals surface area contributed by atoms with E-state index in [1.807, 2.05) is 54.7 Å². The molecule has 0 spiro atoms. The lowest BCUT2D eigenvalue weighted by molar-refractivity contribution is -0.116. The Kier molecular flexibility index (Phi) is 5.79. The van der Waals surface area contributed by atoms with Crippen LogP contribution in [-0.2, 0) is 4.79 Å². The van der Waals surface area contributed by atoms with E-state index in [-0.39, 0.29) is 5.91 Å². The van der Waals surface area contributed by atoms with Crippen molar-refractivity contribution in [2.75, 3.05) is 5.32 Å². The first-order valence-electron chi connectivity index (χ1n) is 12.0. The molecule has 5 heterocycles. The van der Waals surface area contributed by atoms with Crippen molar-refractivity contribution in [1.82, 2.24) is 25.1 Å². The average Bonchev–Trinajstić information content (AvgIpc) is 3.66. The van der Waals surface area contributed by atoms with Gasteiger partial charge in [0, 0.05) is 34.8 Å². The molecule has 0 unspecified atom stereocenters. The van der Waals surface area contributed by atoms with Crippen LogP contribution < -0.4 is 5.32 Å². The van der Waals surface area contributed by atoms with E-state index in [4.69, 9.17) is 4.98 Å². The molecule has 3 N–H and O–H groups in total. The molecule has 0 radical (unpaired) electrons. The van der Waals surface area contributed by atoms with E-state index in [2.05, 4.69) is 49.9 Å². The first kappa shape index (κ1) is 22.2. The van der Waals surface area contributed by atoms with E-state index >= 15 is 0 Å². The molecule has 6 aromatic rings. The fraction of sp³-hybridized carbons (Fsp3) is 0.143. The minimum Gasteiger partial charge on any atom is -0.353 e. The predicted octanol–water partition coefficient (Wildman–Crippen LogP) is 7.03. The number of aromatic amines is 2. The Morgan fingerprint density at radius 3 is 2.83 bits per heavy atom. The van der Waals surface area contributed by atoms with Gasteiger partial charge in [-0.3, -0.25) is 14.9 Å². The number of rotatable bonds is 7. The Hall–Kier alpha value is -4.30. The molecule has 0 fully saturated rings. The molecular weight excluding hydrogens is 468 g/mol. The van der Waals surface area contributed by atoms with Crippen LogP contribution in [0.15, 0.2) is 72.2 Å². The van der Waals surface area contributed by atoms with Gasteiger partial charge in [-0.05, 0) is 54.3 Å². The van der Waals surface area contributed by atoms with Crippen molar-refractivity contribution in [2.24, 2.45) is 0 Å². The molecule has 178 valence electrons. The summed E-state index contributed by atoms with van der Waals surface area (Å²) >= 11 is 1.67. The lowest BCUT2D eigenvalue weighted by atomic mass is 10.1. The van der Waals surface area contributed by atoms with Crippen LogP contribution in [0, 0.1) is 0 Å². The highest BCUT2D eigenvalue weighted by atomic mass is 32.1. The normalized spacial score (nSPS) is 11.4. The van der Waals surface area contributed by atoms with Crippen molar-refractivity contribution in [1.29, 1.82) is 0 Å². The summed E-state index contributed by atoms with van der Waals surface area (Å²) in [6.45, 7) is 2.08. The standard InChI is InChI=1S/C28H24N6OS/c1-2-3-9-25(35)30-18-7-4-6-17(15-18)20-10-11-22-27(32-20)28(34-33-22)23-16-19-21(31-23)12-13-29-26(19)24-8-5-14-36-24/h4-8,10-16,31H,2-3,9H2,1H3,(H,30,35)(H,33,34). The summed E-state index contributed by atoms with van der Waals surface area (Å²) in [6.07, 6.45) is 4.22. The van der Waals surface area contributed by atoms with E-state index in [0.29, 0.717) is 6.42 Å². The van der Waals surface area contributed by atoms with Crippen LogP contribution in [0.2, 0.25) is 0 Å². The number of carbonyl (C=O) groups excluding carboxylic acids is 1.